The van der Waals surface area contributed by atoms with Crippen LogP contribution in [0.15, 0.2) is 60.7 Å². The van der Waals surface area contributed by atoms with Crippen molar-refractivity contribution in [3.05, 3.63) is 60.7 Å². The van der Waals surface area contributed by atoms with Gasteiger partial charge in [-0.3, -0.25) is 19.3 Å². The maximum absolute atomic E-state index is 13.2. The number of rotatable bonds is 6. The number of amides is 3. The fourth-order valence-corrected chi connectivity index (χ4v) is 6.16. The number of hydrogen-bond donors (Lipinski definition) is 1. The third-order valence-electron chi connectivity index (χ3n) is 7.88. The number of carbonyl (C=O) groups is 3. The first kappa shape index (κ1) is 21.0. The maximum Gasteiger partial charge on any atom is 0.247 e. The Balaban J connectivity index is 1.13. The quantitative estimate of drug-likeness (QED) is 0.525. The molecule has 0 aromatic heterocycles. The molecule has 0 unspecified atom stereocenters. The van der Waals surface area contributed by atoms with Crippen LogP contribution < -0.4 is 14.8 Å². The average molecular weight is 459 g/mol. The van der Waals surface area contributed by atoms with E-state index in [1.807, 2.05) is 24.3 Å². The van der Waals surface area contributed by atoms with Gasteiger partial charge in [-0.15, -0.1) is 0 Å². The summed E-state index contributed by atoms with van der Waals surface area (Å²) in [6.07, 6.45) is 5.38. The number of imide groups is 1. The lowest BCUT2D eigenvalue weighted by Gasteiger charge is -2.37. The molecule has 2 aromatic carbocycles. The zero-order valence-electron chi connectivity index (χ0n) is 19.0. The van der Waals surface area contributed by atoms with Crippen molar-refractivity contribution in [2.24, 2.45) is 35.5 Å². The highest BCUT2D eigenvalue weighted by Gasteiger charge is 2.67. The van der Waals surface area contributed by atoms with E-state index < -0.39 is 6.04 Å². The lowest BCUT2D eigenvalue weighted by molar-refractivity contribution is -0.146. The van der Waals surface area contributed by atoms with Crippen LogP contribution in [0, 0.1) is 35.5 Å². The topological polar surface area (TPSA) is 84.9 Å². The molecule has 7 rings (SSSR count). The molecule has 2 aromatic rings. The number of likely N-dealkylation sites (tertiary alicyclic amines) is 1. The van der Waals surface area contributed by atoms with E-state index in [4.69, 9.17) is 9.47 Å². The van der Waals surface area contributed by atoms with Gasteiger partial charge in [0.15, 0.2) is 11.5 Å². The molecule has 1 heterocycles. The number of ether oxygens (including phenoxy) is 2. The lowest BCUT2D eigenvalue weighted by Crippen LogP contribution is -2.46. The Hall–Kier alpha value is -3.61. The van der Waals surface area contributed by atoms with Crippen LogP contribution >= 0.6 is 0 Å². The standard InChI is InChI=1S/C27H26N2O5/c1-14(29-26(31)23-17-11-12-18(20-13-19(17)20)24(23)27(29)32)25(30)28-15-7-9-16(10-8-15)34-22-6-4-3-5-21(22)33-2/h3-12,14,17-20,23-24H,13H2,1-2H3,(H,28,30)/t14-,17+,18+,19-,20+,23+,24-/m0/s1. The van der Waals surface area contributed by atoms with Crippen LogP contribution in [0.25, 0.3) is 0 Å². The van der Waals surface area contributed by atoms with E-state index in [0.29, 0.717) is 34.8 Å². The number of para-hydroxylation sites is 2. The minimum atomic E-state index is -0.870. The first-order valence-electron chi connectivity index (χ1n) is 11.7. The van der Waals surface area contributed by atoms with Crippen LogP contribution in [0.3, 0.4) is 0 Å². The van der Waals surface area contributed by atoms with Crippen LogP contribution in [0.1, 0.15) is 13.3 Å². The summed E-state index contributed by atoms with van der Waals surface area (Å²) in [6, 6.07) is 13.4. The number of anilines is 1. The summed E-state index contributed by atoms with van der Waals surface area (Å²) in [7, 11) is 1.58. The molecule has 34 heavy (non-hydrogen) atoms. The van der Waals surface area contributed by atoms with Gasteiger partial charge in [-0.2, -0.15) is 0 Å². The SMILES string of the molecule is COc1ccccc1Oc1ccc(NC(=O)[C@H](C)N2C(=O)[C@@H]3[C@@H]4C=C[C@H]([C@H]5C[C@@H]45)[C@@H]3C2=O)cc1. The fraction of sp³-hybridized carbons (Fsp3) is 0.370. The van der Waals surface area contributed by atoms with E-state index in [1.165, 1.54) is 4.90 Å². The Kier molecular flexibility index (Phi) is 4.76. The zero-order valence-corrected chi connectivity index (χ0v) is 19.0. The van der Waals surface area contributed by atoms with E-state index in [-0.39, 0.29) is 41.4 Å². The second-order valence-corrected chi connectivity index (χ2v) is 9.64. The number of methoxy groups -OCH3 is 1. The van der Waals surface area contributed by atoms with Crippen LogP contribution in [0.4, 0.5) is 5.69 Å². The second kappa shape index (κ2) is 7.72. The number of nitrogens with one attached hydrogen (secondary N) is 1. The molecule has 7 atom stereocenters. The molecule has 2 saturated carbocycles. The summed E-state index contributed by atoms with van der Waals surface area (Å²) < 4.78 is 11.2. The van der Waals surface area contributed by atoms with Crippen molar-refractivity contribution in [1.82, 2.24) is 4.90 Å². The molecule has 4 aliphatic carbocycles. The van der Waals surface area contributed by atoms with Crippen molar-refractivity contribution in [2.75, 3.05) is 12.4 Å². The molecular formula is C27H26N2O5. The van der Waals surface area contributed by atoms with E-state index in [1.54, 1.807) is 38.3 Å². The molecule has 2 bridgehead atoms. The molecule has 0 radical (unpaired) electrons. The number of nitrogens with zero attached hydrogens (tertiary/aromatic N) is 1. The highest BCUT2D eigenvalue weighted by molar-refractivity contribution is 6.10. The summed E-state index contributed by atoms with van der Waals surface area (Å²) in [5.74, 6) is 1.79. The molecule has 7 heteroatoms. The fourth-order valence-electron chi connectivity index (χ4n) is 6.16. The van der Waals surface area contributed by atoms with E-state index in [0.717, 1.165) is 6.42 Å². The number of benzene rings is 2. The summed E-state index contributed by atoms with van der Waals surface area (Å²) in [6.45, 7) is 1.62. The largest absolute Gasteiger partial charge is 0.493 e. The molecule has 5 aliphatic rings. The van der Waals surface area contributed by atoms with Gasteiger partial charge in [0.2, 0.25) is 17.7 Å². The van der Waals surface area contributed by atoms with Gasteiger partial charge in [0.1, 0.15) is 11.8 Å². The minimum Gasteiger partial charge on any atom is -0.493 e. The second-order valence-electron chi connectivity index (χ2n) is 9.64. The Morgan fingerprint density at radius 2 is 1.53 bits per heavy atom. The van der Waals surface area contributed by atoms with Crippen molar-refractivity contribution in [3.63, 3.8) is 0 Å². The highest BCUT2D eigenvalue weighted by Crippen LogP contribution is 2.65. The van der Waals surface area contributed by atoms with Crippen molar-refractivity contribution in [3.8, 4) is 17.2 Å². The smallest absolute Gasteiger partial charge is 0.247 e. The number of allylic oxidation sites excluding steroid dienone is 2. The molecule has 0 spiro atoms. The molecular weight excluding hydrogens is 432 g/mol. The Labute approximate surface area is 197 Å². The maximum atomic E-state index is 13.2. The van der Waals surface area contributed by atoms with Crippen molar-refractivity contribution < 1.29 is 23.9 Å². The minimum absolute atomic E-state index is 0.146. The van der Waals surface area contributed by atoms with Crippen LogP contribution in [0.2, 0.25) is 0 Å². The molecule has 3 amide bonds. The van der Waals surface area contributed by atoms with Gasteiger partial charge < -0.3 is 14.8 Å². The summed E-state index contributed by atoms with van der Waals surface area (Å²) in [5, 5.41) is 2.83. The monoisotopic (exact) mass is 458 g/mol. The van der Waals surface area contributed by atoms with Gasteiger partial charge in [0.05, 0.1) is 18.9 Å². The lowest BCUT2D eigenvalue weighted by atomic mass is 9.63. The predicted molar refractivity (Wildman–Crippen MR) is 124 cm³/mol. The molecule has 1 N–H and O–H groups in total. The van der Waals surface area contributed by atoms with Crippen LogP contribution in [-0.2, 0) is 14.4 Å². The molecule has 7 nitrogen and oxygen atoms in total. The molecule has 174 valence electrons. The Morgan fingerprint density at radius 3 is 2.12 bits per heavy atom. The first-order chi connectivity index (χ1) is 16.5. The predicted octanol–water partition coefficient (Wildman–Crippen LogP) is 3.87. The number of carbonyl (C=O) groups excluding carboxylic acids is 3. The third-order valence-corrected chi connectivity index (χ3v) is 7.88. The summed E-state index contributed by atoms with van der Waals surface area (Å²) in [5.41, 5.74) is 0.559. The Morgan fingerprint density at radius 1 is 0.941 bits per heavy atom. The van der Waals surface area contributed by atoms with E-state index >= 15 is 0 Å². The van der Waals surface area contributed by atoms with Gasteiger partial charge in [-0.1, -0.05) is 24.3 Å². The normalized spacial score (nSPS) is 31.1. The van der Waals surface area contributed by atoms with Gasteiger partial charge in [0, 0.05) is 5.69 Å². The summed E-state index contributed by atoms with van der Waals surface area (Å²) >= 11 is 0. The molecule has 1 saturated heterocycles. The van der Waals surface area contributed by atoms with Gasteiger partial charge >= 0.3 is 0 Å². The number of hydrogen-bond acceptors (Lipinski definition) is 5. The van der Waals surface area contributed by atoms with E-state index in [9.17, 15) is 14.4 Å². The van der Waals surface area contributed by atoms with Crippen LogP contribution in [-0.4, -0.2) is 35.8 Å². The molecule has 1 aliphatic heterocycles. The first-order valence-corrected chi connectivity index (χ1v) is 11.7. The van der Waals surface area contributed by atoms with Gasteiger partial charge in [-0.25, -0.2) is 0 Å². The van der Waals surface area contributed by atoms with Crippen molar-refractivity contribution in [2.45, 2.75) is 19.4 Å². The zero-order chi connectivity index (χ0) is 23.6. The van der Waals surface area contributed by atoms with Crippen molar-refractivity contribution in [1.29, 1.82) is 0 Å². The highest BCUT2D eigenvalue weighted by atomic mass is 16.5. The summed E-state index contributed by atoms with van der Waals surface area (Å²) in [4.78, 5) is 40.7. The van der Waals surface area contributed by atoms with E-state index in [2.05, 4.69) is 17.5 Å². The Bertz CT molecular complexity index is 1170. The van der Waals surface area contributed by atoms with Crippen LogP contribution in [0.5, 0.6) is 17.2 Å². The molecule has 3 fully saturated rings. The van der Waals surface area contributed by atoms with Gasteiger partial charge in [-0.05, 0) is 73.4 Å². The average Bonchev–Trinajstić information content (AvgIpc) is 3.63. The third kappa shape index (κ3) is 3.14. The van der Waals surface area contributed by atoms with Crippen molar-refractivity contribution >= 4 is 23.4 Å². The van der Waals surface area contributed by atoms with Gasteiger partial charge in [0.25, 0.3) is 0 Å².